The van der Waals surface area contributed by atoms with Crippen molar-refractivity contribution in [3.8, 4) is 0 Å². The third-order valence-corrected chi connectivity index (χ3v) is 4.56. The molecule has 2 heterocycles. The lowest BCUT2D eigenvalue weighted by Gasteiger charge is -2.39. The number of rotatable bonds is 6. The van der Waals surface area contributed by atoms with Gasteiger partial charge in [-0.15, -0.1) is 0 Å². The maximum atomic E-state index is 12.6. The number of carbonyl (C=O) groups excluding carboxylic acids is 2. The number of likely N-dealkylation sites (tertiary alicyclic amines) is 1. The van der Waals surface area contributed by atoms with Gasteiger partial charge in [0.1, 0.15) is 6.67 Å². The summed E-state index contributed by atoms with van der Waals surface area (Å²) in [5.74, 6) is -1.16. The van der Waals surface area contributed by atoms with Crippen LogP contribution in [-0.4, -0.2) is 58.7 Å². The summed E-state index contributed by atoms with van der Waals surface area (Å²) >= 11 is 0. The normalized spacial score (nSPS) is 17.8. The Labute approximate surface area is 146 Å². The van der Waals surface area contributed by atoms with Crippen LogP contribution in [0.1, 0.15) is 36.5 Å². The Bertz CT molecular complexity index is 618. The lowest BCUT2D eigenvalue weighted by Crippen LogP contribution is -2.49. The largest absolute Gasteiger partial charge is 0.397 e. The zero-order valence-electron chi connectivity index (χ0n) is 14.4. The van der Waals surface area contributed by atoms with Crippen LogP contribution in [0.2, 0.25) is 0 Å². The van der Waals surface area contributed by atoms with Gasteiger partial charge in [0, 0.05) is 32.0 Å². The number of hydrogen-bond donors (Lipinski definition) is 3. The number of nitrogens with two attached hydrogens (primary N) is 1. The third-order valence-electron chi connectivity index (χ3n) is 4.56. The molecule has 0 saturated carbocycles. The van der Waals surface area contributed by atoms with Gasteiger partial charge < -0.3 is 21.1 Å². The average Bonchev–Trinajstić information content (AvgIpc) is 2.61. The Morgan fingerprint density at radius 3 is 2.72 bits per heavy atom. The molecule has 1 unspecified atom stereocenters. The van der Waals surface area contributed by atoms with Crippen molar-refractivity contribution in [3.63, 3.8) is 0 Å². The van der Waals surface area contributed by atoms with Gasteiger partial charge in [-0.05, 0) is 25.3 Å². The van der Waals surface area contributed by atoms with Crippen molar-refractivity contribution in [2.75, 3.05) is 32.0 Å². The van der Waals surface area contributed by atoms with Crippen molar-refractivity contribution in [2.45, 2.75) is 31.8 Å². The molecule has 1 aromatic rings. The van der Waals surface area contributed by atoms with Crippen LogP contribution in [0.4, 0.5) is 10.1 Å². The van der Waals surface area contributed by atoms with Gasteiger partial charge in [0.15, 0.2) is 0 Å². The molecule has 2 amide bonds. The summed E-state index contributed by atoms with van der Waals surface area (Å²) in [5.41, 5.74) is 5.44. The van der Waals surface area contributed by atoms with E-state index >= 15 is 0 Å². The van der Waals surface area contributed by atoms with E-state index in [0.29, 0.717) is 50.1 Å². The second kappa shape index (κ2) is 8.24. The van der Waals surface area contributed by atoms with Crippen LogP contribution >= 0.6 is 0 Å². The number of piperidine rings is 1. The van der Waals surface area contributed by atoms with E-state index < -0.39 is 18.2 Å². The number of nitrogens with one attached hydrogen (secondary N) is 1. The molecule has 1 atom stereocenters. The molecule has 8 heteroatoms. The second-order valence-corrected chi connectivity index (χ2v) is 6.62. The number of aliphatic hydroxyl groups is 1. The molecule has 138 valence electrons. The monoisotopic (exact) mass is 352 g/mol. The Kier molecular flexibility index (Phi) is 6.30. The lowest BCUT2D eigenvalue weighted by molar-refractivity contribution is -0.139. The van der Waals surface area contributed by atoms with Gasteiger partial charge in [0.05, 0.1) is 22.8 Å². The van der Waals surface area contributed by atoms with Crippen LogP contribution in [0.15, 0.2) is 18.5 Å². The fourth-order valence-electron chi connectivity index (χ4n) is 2.86. The van der Waals surface area contributed by atoms with Gasteiger partial charge in [-0.2, -0.15) is 0 Å². The van der Waals surface area contributed by atoms with Crippen molar-refractivity contribution in [1.29, 1.82) is 0 Å². The molecule has 1 fully saturated rings. The topological polar surface area (TPSA) is 109 Å². The van der Waals surface area contributed by atoms with Gasteiger partial charge in [-0.25, -0.2) is 0 Å². The number of nitrogen functional groups attached to an aromatic ring is 1. The summed E-state index contributed by atoms with van der Waals surface area (Å²) < 4.78 is 12.6. The zero-order valence-corrected chi connectivity index (χ0v) is 14.4. The van der Waals surface area contributed by atoms with Gasteiger partial charge in [-0.1, -0.05) is 6.92 Å². The smallest absolute Gasteiger partial charge is 0.252 e. The van der Waals surface area contributed by atoms with Crippen LogP contribution in [0.3, 0.4) is 0 Å². The summed E-state index contributed by atoms with van der Waals surface area (Å²) in [6, 6.07) is 1.53. The number of hydrogen-bond acceptors (Lipinski definition) is 5. The first-order valence-corrected chi connectivity index (χ1v) is 8.40. The van der Waals surface area contributed by atoms with E-state index in [1.54, 1.807) is 11.8 Å². The first-order valence-electron chi connectivity index (χ1n) is 8.40. The van der Waals surface area contributed by atoms with Crippen LogP contribution in [0.5, 0.6) is 0 Å². The Morgan fingerprint density at radius 2 is 2.12 bits per heavy atom. The van der Waals surface area contributed by atoms with E-state index in [2.05, 4.69) is 10.3 Å². The van der Waals surface area contributed by atoms with Gasteiger partial charge >= 0.3 is 0 Å². The summed E-state index contributed by atoms with van der Waals surface area (Å²) in [6.07, 6.45) is 4.09. The fraction of sp³-hybridized carbons (Fsp3) is 0.588. The van der Waals surface area contributed by atoms with E-state index in [4.69, 9.17) is 5.73 Å². The van der Waals surface area contributed by atoms with Crippen molar-refractivity contribution in [2.24, 2.45) is 5.92 Å². The molecule has 4 N–H and O–H groups in total. The summed E-state index contributed by atoms with van der Waals surface area (Å²) in [7, 11) is 0. The highest BCUT2D eigenvalue weighted by Crippen LogP contribution is 2.26. The minimum Gasteiger partial charge on any atom is -0.397 e. The van der Waals surface area contributed by atoms with Crippen LogP contribution in [0, 0.1) is 5.92 Å². The molecule has 2 rings (SSSR count). The highest BCUT2D eigenvalue weighted by Gasteiger charge is 2.34. The predicted molar refractivity (Wildman–Crippen MR) is 91.5 cm³/mol. The van der Waals surface area contributed by atoms with Crippen LogP contribution < -0.4 is 11.1 Å². The number of nitrogens with zero attached hydrogens (tertiary/aromatic N) is 2. The standard InChI is InChI=1S/C17H25FN4O3/c1-12(9-18)16(24)22-6-3-17(25,4-7-22)2-5-21-15(23)13-8-14(19)11-20-10-13/h8,10-12,25H,2-7,9,19H2,1H3,(H,21,23). The molecular formula is C17H25FN4O3. The van der Waals surface area contributed by atoms with E-state index in [1.165, 1.54) is 18.5 Å². The van der Waals surface area contributed by atoms with Gasteiger partial charge in [0.2, 0.25) is 5.91 Å². The predicted octanol–water partition coefficient (Wildman–Crippen LogP) is 0.743. The molecule has 1 aromatic heterocycles. The van der Waals surface area contributed by atoms with Gasteiger partial charge in [0.25, 0.3) is 5.91 Å². The van der Waals surface area contributed by atoms with Crippen molar-refractivity contribution >= 4 is 17.5 Å². The molecule has 0 radical (unpaired) electrons. The quantitative estimate of drug-likeness (QED) is 0.700. The van der Waals surface area contributed by atoms with Gasteiger partial charge in [-0.3, -0.25) is 19.0 Å². The Morgan fingerprint density at radius 1 is 1.44 bits per heavy atom. The first kappa shape index (κ1) is 19.1. The number of aromatic nitrogens is 1. The van der Waals surface area contributed by atoms with Crippen LogP contribution in [0.25, 0.3) is 0 Å². The molecule has 0 bridgehead atoms. The first-order chi connectivity index (χ1) is 11.8. The average molecular weight is 352 g/mol. The fourth-order valence-corrected chi connectivity index (χ4v) is 2.86. The van der Waals surface area contributed by atoms with E-state index in [1.807, 2.05) is 0 Å². The molecule has 1 aliphatic heterocycles. The highest BCUT2D eigenvalue weighted by atomic mass is 19.1. The molecule has 1 aliphatic rings. The van der Waals surface area contributed by atoms with E-state index in [0.717, 1.165) is 0 Å². The van der Waals surface area contributed by atoms with Crippen LogP contribution in [-0.2, 0) is 4.79 Å². The number of anilines is 1. The maximum absolute atomic E-state index is 12.6. The highest BCUT2D eigenvalue weighted by molar-refractivity contribution is 5.94. The SMILES string of the molecule is CC(CF)C(=O)N1CCC(O)(CCNC(=O)c2cncc(N)c2)CC1. The third kappa shape index (κ3) is 5.12. The number of halogens is 1. The Balaban J connectivity index is 1.78. The molecule has 0 spiro atoms. The summed E-state index contributed by atoms with van der Waals surface area (Å²) in [6.45, 7) is 1.98. The van der Waals surface area contributed by atoms with Crippen molar-refractivity contribution in [3.05, 3.63) is 24.0 Å². The van der Waals surface area contributed by atoms with E-state index in [-0.39, 0.29) is 11.8 Å². The van der Waals surface area contributed by atoms with Crippen molar-refractivity contribution < 1.29 is 19.1 Å². The summed E-state index contributed by atoms with van der Waals surface area (Å²) in [5, 5.41) is 13.3. The molecule has 0 aromatic carbocycles. The molecule has 7 nitrogen and oxygen atoms in total. The molecule has 1 saturated heterocycles. The minimum absolute atomic E-state index is 0.216. The van der Waals surface area contributed by atoms with Crippen molar-refractivity contribution in [1.82, 2.24) is 15.2 Å². The molecular weight excluding hydrogens is 327 g/mol. The number of pyridine rings is 1. The maximum Gasteiger partial charge on any atom is 0.252 e. The second-order valence-electron chi connectivity index (χ2n) is 6.62. The number of carbonyl (C=O) groups is 2. The zero-order chi connectivity index (χ0) is 18.4. The summed E-state index contributed by atoms with van der Waals surface area (Å²) in [4.78, 5) is 29.4. The van der Waals surface area contributed by atoms with E-state index in [9.17, 15) is 19.1 Å². The molecule has 0 aliphatic carbocycles. The Hall–Kier alpha value is -2.22. The minimum atomic E-state index is -0.934. The number of amides is 2. The lowest BCUT2D eigenvalue weighted by atomic mass is 9.87. The molecule has 25 heavy (non-hydrogen) atoms. The number of alkyl halides is 1.